The fourth-order valence-electron chi connectivity index (χ4n) is 2.35. The van der Waals surface area contributed by atoms with E-state index in [0.29, 0.717) is 4.90 Å². The number of hydrogen-bond donors (Lipinski definition) is 0. The van der Waals surface area contributed by atoms with Crippen molar-refractivity contribution in [2.24, 2.45) is 0 Å². The summed E-state index contributed by atoms with van der Waals surface area (Å²) in [5.41, 5.74) is 2.47. The topological polar surface area (TPSA) is 57.9 Å². The Morgan fingerprint density at radius 2 is 1.76 bits per heavy atom. The molecule has 0 heterocycles. The van der Waals surface area contributed by atoms with Crippen LogP contribution in [0.15, 0.2) is 53.4 Å². The average Bonchev–Trinajstić information content (AvgIpc) is 2.45. The number of aryl methyl sites for hydroxylation is 2. The molecule has 0 bridgehead atoms. The number of hydrogen-bond acceptors (Lipinski definition) is 3. The van der Waals surface area contributed by atoms with E-state index in [1.165, 1.54) is 0 Å². The quantitative estimate of drug-likeness (QED) is 0.869. The molecule has 0 radical (unpaired) electrons. The molecule has 108 valence electrons. The highest BCUT2D eigenvalue weighted by molar-refractivity contribution is 7.91. The fraction of sp³-hybridized carbons (Fsp3) is 0.235. The summed E-state index contributed by atoms with van der Waals surface area (Å²) in [6, 6.07) is 16.4. The predicted molar refractivity (Wildman–Crippen MR) is 82.8 cm³/mol. The third-order valence-corrected chi connectivity index (χ3v) is 5.31. The third kappa shape index (κ3) is 3.50. The molecule has 0 N–H and O–H groups in total. The number of nitriles is 1. The van der Waals surface area contributed by atoms with E-state index >= 15 is 0 Å². The number of sulfone groups is 1. The van der Waals surface area contributed by atoms with Gasteiger partial charge in [0.25, 0.3) is 0 Å². The van der Waals surface area contributed by atoms with Gasteiger partial charge in [-0.05, 0) is 31.0 Å². The van der Waals surface area contributed by atoms with Crippen LogP contribution in [0.4, 0.5) is 0 Å². The third-order valence-electron chi connectivity index (χ3n) is 3.41. The number of nitrogens with zero attached hydrogens (tertiary/aromatic N) is 1. The predicted octanol–water partition coefficient (Wildman–Crippen LogP) is 3.38. The molecule has 1 unspecified atom stereocenters. The van der Waals surface area contributed by atoms with Crippen LogP contribution in [0.25, 0.3) is 0 Å². The van der Waals surface area contributed by atoms with E-state index in [2.05, 4.69) is 6.07 Å². The molecular weight excluding hydrogens is 282 g/mol. The second-order valence-electron chi connectivity index (χ2n) is 5.14. The van der Waals surface area contributed by atoms with E-state index in [0.717, 1.165) is 16.7 Å². The summed E-state index contributed by atoms with van der Waals surface area (Å²) in [5, 5.41) is 9.29. The van der Waals surface area contributed by atoms with Gasteiger partial charge in [0.2, 0.25) is 0 Å². The molecule has 3 nitrogen and oxygen atoms in total. The van der Waals surface area contributed by atoms with Crippen LogP contribution in [0.1, 0.15) is 22.6 Å². The zero-order valence-electron chi connectivity index (χ0n) is 12.1. The van der Waals surface area contributed by atoms with Crippen molar-refractivity contribution in [3.05, 3.63) is 65.2 Å². The molecule has 1 atom stereocenters. The second kappa shape index (κ2) is 6.11. The molecular formula is C17H17NO2S. The molecule has 2 aromatic rings. The maximum Gasteiger partial charge on any atom is 0.180 e. The van der Waals surface area contributed by atoms with E-state index in [1.54, 1.807) is 31.2 Å². The van der Waals surface area contributed by atoms with E-state index in [1.807, 2.05) is 31.2 Å². The van der Waals surface area contributed by atoms with Gasteiger partial charge >= 0.3 is 0 Å². The van der Waals surface area contributed by atoms with Gasteiger partial charge < -0.3 is 0 Å². The Balaban J connectivity index is 2.35. The summed E-state index contributed by atoms with van der Waals surface area (Å²) in [5.74, 6) is -0.853. The van der Waals surface area contributed by atoms with Gasteiger partial charge in [-0.25, -0.2) is 8.42 Å². The van der Waals surface area contributed by atoms with Crippen molar-refractivity contribution >= 4 is 9.84 Å². The number of benzene rings is 2. The highest BCUT2D eigenvalue weighted by Gasteiger charge is 2.23. The van der Waals surface area contributed by atoms with Crippen LogP contribution in [0.5, 0.6) is 0 Å². The maximum atomic E-state index is 12.6. The molecule has 0 aliphatic heterocycles. The molecule has 2 aromatic carbocycles. The van der Waals surface area contributed by atoms with E-state index < -0.39 is 15.8 Å². The molecule has 0 aliphatic rings. The van der Waals surface area contributed by atoms with Gasteiger partial charge in [0.1, 0.15) is 0 Å². The van der Waals surface area contributed by atoms with Gasteiger partial charge in [-0.2, -0.15) is 5.26 Å². The summed E-state index contributed by atoms with van der Waals surface area (Å²) >= 11 is 0. The molecule has 21 heavy (non-hydrogen) atoms. The Bertz CT molecular complexity index is 774. The minimum Gasteiger partial charge on any atom is -0.224 e. The average molecular weight is 299 g/mol. The molecule has 0 aliphatic carbocycles. The van der Waals surface area contributed by atoms with Gasteiger partial charge in [0.15, 0.2) is 9.84 Å². The summed E-state index contributed by atoms with van der Waals surface area (Å²) in [7, 11) is -3.49. The molecule has 0 aromatic heterocycles. The van der Waals surface area contributed by atoms with Crippen LogP contribution in [-0.4, -0.2) is 14.2 Å². The monoisotopic (exact) mass is 299 g/mol. The number of rotatable bonds is 4. The molecule has 0 spiro atoms. The van der Waals surface area contributed by atoms with Crippen LogP contribution in [0.2, 0.25) is 0 Å². The molecule has 2 rings (SSSR count). The zero-order valence-corrected chi connectivity index (χ0v) is 12.9. The minimum atomic E-state index is -3.49. The highest BCUT2D eigenvalue weighted by atomic mass is 32.2. The van der Waals surface area contributed by atoms with Crippen LogP contribution < -0.4 is 0 Å². The van der Waals surface area contributed by atoms with Crippen molar-refractivity contribution in [2.45, 2.75) is 24.7 Å². The van der Waals surface area contributed by atoms with Crippen molar-refractivity contribution in [3.8, 4) is 6.07 Å². The Labute approximate surface area is 125 Å². The summed E-state index contributed by atoms with van der Waals surface area (Å²) in [6.07, 6.45) is 0. The summed E-state index contributed by atoms with van der Waals surface area (Å²) < 4.78 is 25.1. The molecule has 0 saturated carbocycles. The molecule has 0 fully saturated rings. The van der Waals surface area contributed by atoms with Crippen molar-refractivity contribution in [1.82, 2.24) is 0 Å². The van der Waals surface area contributed by atoms with Gasteiger partial charge in [-0.1, -0.05) is 48.0 Å². The van der Waals surface area contributed by atoms with Crippen LogP contribution in [0.3, 0.4) is 0 Å². The lowest BCUT2D eigenvalue weighted by molar-refractivity contribution is 0.592. The summed E-state index contributed by atoms with van der Waals surface area (Å²) in [6.45, 7) is 3.70. The second-order valence-corrected chi connectivity index (χ2v) is 7.15. The Morgan fingerprint density at radius 1 is 1.10 bits per heavy atom. The van der Waals surface area contributed by atoms with Gasteiger partial charge in [-0.3, -0.25) is 0 Å². The van der Waals surface area contributed by atoms with Crippen molar-refractivity contribution in [2.75, 3.05) is 5.75 Å². The first-order valence-electron chi connectivity index (χ1n) is 6.68. The van der Waals surface area contributed by atoms with Crippen molar-refractivity contribution in [1.29, 1.82) is 5.26 Å². The lowest BCUT2D eigenvalue weighted by Gasteiger charge is -2.12. The van der Waals surface area contributed by atoms with Crippen LogP contribution in [0, 0.1) is 25.2 Å². The molecule has 4 heteroatoms. The zero-order chi connectivity index (χ0) is 15.5. The lowest BCUT2D eigenvalue weighted by atomic mass is 10.0. The fourth-order valence-corrected chi connectivity index (χ4v) is 4.06. The van der Waals surface area contributed by atoms with E-state index in [-0.39, 0.29) is 5.75 Å². The van der Waals surface area contributed by atoms with Gasteiger partial charge in [0.05, 0.1) is 22.6 Å². The first kappa shape index (κ1) is 15.3. The van der Waals surface area contributed by atoms with Crippen molar-refractivity contribution < 1.29 is 8.42 Å². The SMILES string of the molecule is Cc1ccc(S(=O)(=O)CC(C#N)c2ccccc2)c(C)c1. The first-order chi connectivity index (χ1) is 9.94. The Hall–Kier alpha value is -2.12. The first-order valence-corrected chi connectivity index (χ1v) is 8.34. The lowest BCUT2D eigenvalue weighted by Crippen LogP contribution is -2.15. The molecule has 0 saturated heterocycles. The Morgan fingerprint density at radius 3 is 2.33 bits per heavy atom. The van der Waals surface area contributed by atoms with E-state index in [4.69, 9.17) is 0 Å². The standard InChI is InChI=1S/C17H17NO2S/c1-13-8-9-17(14(2)10-13)21(19,20)12-16(11-18)15-6-4-3-5-7-15/h3-10,16H,12H2,1-2H3. The van der Waals surface area contributed by atoms with E-state index in [9.17, 15) is 13.7 Å². The minimum absolute atomic E-state index is 0.197. The van der Waals surface area contributed by atoms with Crippen LogP contribution in [-0.2, 0) is 9.84 Å². The van der Waals surface area contributed by atoms with Crippen molar-refractivity contribution in [3.63, 3.8) is 0 Å². The summed E-state index contributed by atoms with van der Waals surface area (Å²) in [4.78, 5) is 0.310. The van der Waals surface area contributed by atoms with Crippen LogP contribution >= 0.6 is 0 Å². The normalized spacial score (nSPS) is 12.6. The van der Waals surface area contributed by atoms with Gasteiger partial charge in [0, 0.05) is 0 Å². The largest absolute Gasteiger partial charge is 0.224 e. The maximum absolute atomic E-state index is 12.6. The van der Waals surface area contributed by atoms with Gasteiger partial charge in [-0.15, -0.1) is 0 Å². The smallest absolute Gasteiger partial charge is 0.180 e. The highest BCUT2D eigenvalue weighted by Crippen LogP contribution is 2.24. The Kier molecular flexibility index (Phi) is 4.44. The molecule has 0 amide bonds.